The summed E-state index contributed by atoms with van der Waals surface area (Å²) < 4.78 is 16.9. The summed E-state index contributed by atoms with van der Waals surface area (Å²) in [5.41, 5.74) is 0. The van der Waals surface area contributed by atoms with Crippen LogP contribution in [0.3, 0.4) is 0 Å². The summed E-state index contributed by atoms with van der Waals surface area (Å²) in [4.78, 5) is 38.1. The van der Waals surface area contributed by atoms with E-state index < -0.39 is 6.10 Å². The fraction of sp³-hybridized carbons (Fsp3) is 0.820. The first kappa shape index (κ1) is 64.4. The van der Waals surface area contributed by atoms with Gasteiger partial charge in [0, 0.05) is 19.3 Å². The largest absolute Gasteiger partial charge is 0.462 e. The van der Waals surface area contributed by atoms with Crippen molar-refractivity contribution < 1.29 is 28.6 Å². The van der Waals surface area contributed by atoms with Crippen molar-refractivity contribution in [1.82, 2.24) is 0 Å². The van der Waals surface area contributed by atoms with Gasteiger partial charge in [0.15, 0.2) is 6.10 Å². The van der Waals surface area contributed by atoms with Crippen LogP contribution in [0.4, 0.5) is 0 Å². The number of carbonyl (C=O) groups excluding carboxylic acids is 3. The highest BCUT2D eigenvalue weighted by atomic mass is 16.6. The van der Waals surface area contributed by atoms with Crippen LogP contribution in [0.15, 0.2) is 48.6 Å². The molecule has 0 aliphatic carbocycles. The standard InChI is InChI=1S/C61H110O6/c1-4-7-10-13-16-19-22-25-27-29-30-31-32-33-35-36-39-42-45-48-51-54-60(63)66-57-58(56-65-59(62)53-50-47-44-41-38-24-21-18-15-12-9-6-3)67-61(64)55-52-49-46-43-40-37-34-28-26-23-20-17-14-11-8-5-2/h22,25,28-30,32-34,58H,4-21,23-24,26-27,31,35-57H2,1-3H3/b25-22-,30-29-,33-32-,34-28-. The second kappa shape index (κ2) is 56.0. The van der Waals surface area contributed by atoms with Gasteiger partial charge in [-0.2, -0.15) is 0 Å². The summed E-state index contributed by atoms with van der Waals surface area (Å²) in [6.45, 7) is 6.63. The number of carbonyl (C=O) groups is 3. The minimum absolute atomic E-state index is 0.0779. The lowest BCUT2D eigenvalue weighted by atomic mass is 10.0. The molecule has 0 aromatic heterocycles. The highest BCUT2D eigenvalue weighted by Crippen LogP contribution is 2.16. The van der Waals surface area contributed by atoms with Gasteiger partial charge in [0.2, 0.25) is 0 Å². The number of unbranched alkanes of at least 4 members (excludes halogenated alkanes) is 34. The summed E-state index contributed by atoms with van der Waals surface area (Å²) >= 11 is 0. The predicted octanol–water partition coefficient (Wildman–Crippen LogP) is 19.4. The van der Waals surface area contributed by atoms with Gasteiger partial charge in [0.05, 0.1) is 0 Å². The number of esters is 3. The Morgan fingerprint density at radius 2 is 0.537 bits per heavy atom. The van der Waals surface area contributed by atoms with Crippen molar-refractivity contribution in [1.29, 1.82) is 0 Å². The molecule has 0 amide bonds. The van der Waals surface area contributed by atoms with Crippen molar-refractivity contribution in [2.45, 2.75) is 309 Å². The average molecular weight is 940 g/mol. The summed E-state index contributed by atoms with van der Waals surface area (Å²) in [7, 11) is 0. The van der Waals surface area contributed by atoms with Gasteiger partial charge in [-0.15, -0.1) is 0 Å². The average Bonchev–Trinajstić information content (AvgIpc) is 3.33. The number of allylic oxidation sites excluding steroid dienone is 8. The van der Waals surface area contributed by atoms with Gasteiger partial charge in [-0.1, -0.05) is 249 Å². The summed E-state index contributed by atoms with van der Waals surface area (Å²) in [6, 6.07) is 0. The third-order valence-electron chi connectivity index (χ3n) is 12.8. The maximum Gasteiger partial charge on any atom is 0.306 e. The van der Waals surface area contributed by atoms with Crippen LogP contribution in [0, 0.1) is 0 Å². The number of rotatable bonds is 53. The van der Waals surface area contributed by atoms with E-state index in [1.165, 1.54) is 180 Å². The zero-order valence-corrected chi connectivity index (χ0v) is 44.7. The van der Waals surface area contributed by atoms with Crippen LogP contribution in [0.25, 0.3) is 0 Å². The molecule has 0 aliphatic heterocycles. The van der Waals surface area contributed by atoms with Crippen molar-refractivity contribution in [3.63, 3.8) is 0 Å². The highest BCUT2D eigenvalue weighted by Gasteiger charge is 2.19. The summed E-state index contributed by atoms with van der Waals surface area (Å²) in [6.07, 6.45) is 68.1. The first-order valence-electron chi connectivity index (χ1n) is 29.1. The lowest BCUT2D eigenvalue weighted by molar-refractivity contribution is -0.167. The lowest BCUT2D eigenvalue weighted by Crippen LogP contribution is -2.30. The molecule has 67 heavy (non-hydrogen) atoms. The Balaban J connectivity index is 4.35. The van der Waals surface area contributed by atoms with Gasteiger partial charge in [0.25, 0.3) is 0 Å². The predicted molar refractivity (Wildman–Crippen MR) is 289 cm³/mol. The third-order valence-corrected chi connectivity index (χ3v) is 12.8. The molecule has 0 fully saturated rings. The van der Waals surface area contributed by atoms with Crippen LogP contribution >= 0.6 is 0 Å². The Morgan fingerprint density at radius 3 is 0.851 bits per heavy atom. The molecule has 0 radical (unpaired) electrons. The van der Waals surface area contributed by atoms with Gasteiger partial charge in [-0.05, 0) is 83.5 Å². The van der Waals surface area contributed by atoms with Gasteiger partial charge in [-0.3, -0.25) is 14.4 Å². The van der Waals surface area contributed by atoms with E-state index in [-0.39, 0.29) is 31.1 Å². The molecule has 0 aromatic carbocycles. The molecule has 6 heteroatoms. The van der Waals surface area contributed by atoms with E-state index >= 15 is 0 Å². The van der Waals surface area contributed by atoms with Crippen LogP contribution in [-0.4, -0.2) is 37.2 Å². The number of ether oxygens (including phenoxy) is 3. The topological polar surface area (TPSA) is 78.9 Å². The zero-order chi connectivity index (χ0) is 48.6. The molecule has 0 saturated carbocycles. The fourth-order valence-electron chi connectivity index (χ4n) is 8.39. The van der Waals surface area contributed by atoms with Crippen molar-refractivity contribution in [3.8, 4) is 0 Å². The van der Waals surface area contributed by atoms with E-state index in [9.17, 15) is 14.4 Å². The minimum Gasteiger partial charge on any atom is -0.462 e. The van der Waals surface area contributed by atoms with Crippen molar-refractivity contribution in [3.05, 3.63) is 48.6 Å². The van der Waals surface area contributed by atoms with Crippen LogP contribution in [0.5, 0.6) is 0 Å². The molecule has 1 atom stereocenters. The normalized spacial score (nSPS) is 12.3. The lowest BCUT2D eigenvalue weighted by Gasteiger charge is -2.18. The van der Waals surface area contributed by atoms with Gasteiger partial charge in [0.1, 0.15) is 13.2 Å². The molecule has 0 saturated heterocycles. The third kappa shape index (κ3) is 54.2. The van der Waals surface area contributed by atoms with Gasteiger partial charge >= 0.3 is 17.9 Å². The maximum absolute atomic E-state index is 12.8. The molecule has 6 nitrogen and oxygen atoms in total. The Hall–Kier alpha value is -2.63. The Labute approximate surface area is 416 Å². The van der Waals surface area contributed by atoms with Crippen molar-refractivity contribution in [2.24, 2.45) is 0 Å². The molecule has 0 bridgehead atoms. The van der Waals surface area contributed by atoms with E-state index in [1.54, 1.807) is 0 Å². The Morgan fingerprint density at radius 1 is 0.299 bits per heavy atom. The van der Waals surface area contributed by atoms with Gasteiger partial charge in [-0.25, -0.2) is 0 Å². The zero-order valence-electron chi connectivity index (χ0n) is 44.7. The second-order valence-electron chi connectivity index (χ2n) is 19.6. The Kier molecular flexibility index (Phi) is 53.8. The van der Waals surface area contributed by atoms with E-state index in [0.29, 0.717) is 19.3 Å². The van der Waals surface area contributed by atoms with Crippen LogP contribution in [0.1, 0.15) is 303 Å². The first-order chi connectivity index (χ1) is 33.0. The smallest absolute Gasteiger partial charge is 0.306 e. The molecule has 0 aliphatic rings. The molecule has 0 rings (SSSR count). The molecular formula is C61H110O6. The summed E-state index contributed by atoms with van der Waals surface area (Å²) in [5, 5.41) is 0. The van der Waals surface area contributed by atoms with Crippen molar-refractivity contribution in [2.75, 3.05) is 13.2 Å². The van der Waals surface area contributed by atoms with Crippen LogP contribution in [0.2, 0.25) is 0 Å². The first-order valence-corrected chi connectivity index (χ1v) is 29.1. The van der Waals surface area contributed by atoms with E-state index in [0.717, 1.165) is 83.5 Å². The fourth-order valence-corrected chi connectivity index (χ4v) is 8.39. The number of hydrogen-bond donors (Lipinski definition) is 0. The van der Waals surface area contributed by atoms with Crippen LogP contribution < -0.4 is 0 Å². The summed E-state index contributed by atoms with van der Waals surface area (Å²) in [5.74, 6) is -0.886. The quantitative estimate of drug-likeness (QED) is 0.0262. The monoisotopic (exact) mass is 939 g/mol. The van der Waals surface area contributed by atoms with E-state index in [1.807, 2.05) is 0 Å². The molecular weight excluding hydrogens is 829 g/mol. The van der Waals surface area contributed by atoms with Crippen molar-refractivity contribution >= 4 is 17.9 Å². The molecule has 1 unspecified atom stereocenters. The maximum atomic E-state index is 12.8. The molecule has 0 aromatic rings. The Bertz CT molecular complexity index is 1170. The van der Waals surface area contributed by atoms with E-state index in [2.05, 4.69) is 69.4 Å². The molecule has 0 N–H and O–H groups in total. The molecule has 390 valence electrons. The molecule has 0 heterocycles. The highest BCUT2D eigenvalue weighted by molar-refractivity contribution is 5.71. The van der Waals surface area contributed by atoms with Crippen LogP contribution in [-0.2, 0) is 28.6 Å². The minimum atomic E-state index is -0.780. The second-order valence-corrected chi connectivity index (χ2v) is 19.6. The van der Waals surface area contributed by atoms with Gasteiger partial charge < -0.3 is 14.2 Å². The SMILES string of the molecule is CCCCCCC/C=C\C/C=C\C/C=C\CCCCCCCCC(=O)OCC(COC(=O)CCCCCCCCCCCCCC)OC(=O)CCCCCCC/C=C\CCCCCCCCC. The van der Waals surface area contributed by atoms with E-state index in [4.69, 9.17) is 14.2 Å². The number of hydrogen-bond acceptors (Lipinski definition) is 6. The molecule has 0 spiro atoms.